The molecule has 1 N–H and O–H groups in total. The number of hydrogen-bond donors (Lipinski definition) is 1. The Morgan fingerprint density at radius 2 is 2.00 bits per heavy atom. The first-order valence-corrected chi connectivity index (χ1v) is 9.87. The van der Waals surface area contributed by atoms with E-state index in [0.717, 1.165) is 32.2 Å². The molecular weight excluding hydrogens is 374 g/mol. The zero-order valence-corrected chi connectivity index (χ0v) is 16.1. The number of ether oxygens (including phenoxy) is 1. The summed E-state index contributed by atoms with van der Waals surface area (Å²) < 4.78 is 10.9. The monoisotopic (exact) mass is 393 g/mol. The fraction of sp³-hybridized carbons (Fsp3) is 0.182. The molecule has 0 fully saturated rings. The molecule has 0 aliphatic carbocycles. The van der Waals surface area contributed by atoms with Crippen LogP contribution in [0.1, 0.15) is 17.4 Å². The van der Waals surface area contributed by atoms with Crippen molar-refractivity contribution in [3.05, 3.63) is 70.6 Å². The van der Waals surface area contributed by atoms with E-state index < -0.39 is 12.1 Å². The minimum atomic E-state index is -0.859. The molecule has 4 aromatic rings. The molecule has 1 amide bonds. The third kappa shape index (κ3) is 3.77. The number of carbonyl (C=O) groups excluding carboxylic acids is 2. The lowest BCUT2D eigenvalue weighted by Crippen LogP contribution is -2.35. The van der Waals surface area contributed by atoms with E-state index in [1.807, 2.05) is 53.9 Å². The van der Waals surface area contributed by atoms with Crippen LogP contribution in [0.2, 0.25) is 0 Å². The fourth-order valence-corrected chi connectivity index (χ4v) is 3.83. The van der Waals surface area contributed by atoms with Gasteiger partial charge < -0.3 is 14.5 Å². The predicted octanol–water partition coefficient (Wildman–Crippen LogP) is 4.44. The SMILES string of the molecule is C[C@@H](OC(=O)Cc1coc2ccc3ccccc3c12)C(=O)NCc1cccs1. The van der Waals surface area contributed by atoms with Gasteiger partial charge in [0.25, 0.3) is 5.91 Å². The number of hydrogen-bond acceptors (Lipinski definition) is 5. The van der Waals surface area contributed by atoms with Gasteiger partial charge in [-0.2, -0.15) is 0 Å². The van der Waals surface area contributed by atoms with E-state index >= 15 is 0 Å². The van der Waals surface area contributed by atoms with Gasteiger partial charge in [-0.3, -0.25) is 9.59 Å². The molecule has 0 aliphatic heterocycles. The van der Waals surface area contributed by atoms with Crippen molar-refractivity contribution in [3.63, 3.8) is 0 Å². The van der Waals surface area contributed by atoms with Crippen molar-refractivity contribution in [2.45, 2.75) is 26.0 Å². The summed E-state index contributed by atoms with van der Waals surface area (Å²) in [5, 5.41) is 7.74. The third-order valence-corrected chi connectivity index (χ3v) is 5.45. The van der Waals surface area contributed by atoms with Crippen LogP contribution in [0, 0.1) is 0 Å². The molecule has 5 nitrogen and oxygen atoms in total. The Morgan fingerprint density at radius 1 is 1.14 bits per heavy atom. The van der Waals surface area contributed by atoms with Crippen LogP contribution in [0.3, 0.4) is 0 Å². The van der Waals surface area contributed by atoms with Crippen LogP contribution in [0.4, 0.5) is 0 Å². The van der Waals surface area contributed by atoms with E-state index in [-0.39, 0.29) is 12.3 Å². The number of furan rings is 1. The number of rotatable bonds is 6. The summed E-state index contributed by atoms with van der Waals surface area (Å²) in [5.41, 5.74) is 1.48. The average molecular weight is 393 g/mol. The zero-order chi connectivity index (χ0) is 19.5. The van der Waals surface area contributed by atoms with E-state index in [9.17, 15) is 9.59 Å². The van der Waals surface area contributed by atoms with Gasteiger partial charge in [-0.15, -0.1) is 11.3 Å². The van der Waals surface area contributed by atoms with Gasteiger partial charge in [0.2, 0.25) is 0 Å². The average Bonchev–Trinajstić information content (AvgIpc) is 3.36. The van der Waals surface area contributed by atoms with Gasteiger partial charge in [0.05, 0.1) is 19.2 Å². The molecule has 0 aliphatic rings. The summed E-state index contributed by atoms with van der Waals surface area (Å²) in [5.74, 6) is -0.779. The van der Waals surface area contributed by atoms with E-state index in [0.29, 0.717) is 6.54 Å². The van der Waals surface area contributed by atoms with Crippen molar-refractivity contribution in [2.24, 2.45) is 0 Å². The van der Waals surface area contributed by atoms with Gasteiger partial charge in [0.15, 0.2) is 6.10 Å². The van der Waals surface area contributed by atoms with Crippen molar-refractivity contribution < 1.29 is 18.7 Å². The van der Waals surface area contributed by atoms with Crippen LogP contribution in [0.15, 0.2) is 64.6 Å². The predicted molar refractivity (Wildman–Crippen MR) is 109 cm³/mol. The van der Waals surface area contributed by atoms with Gasteiger partial charge in [-0.1, -0.05) is 36.4 Å². The Morgan fingerprint density at radius 3 is 2.82 bits per heavy atom. The lowest BCUT2D eigenvalue weighted by atomic mass is 10.0. The molecule has 0 saturated carbocycles. The Labute approximate surface area is 165 Å². The fourth-order valence-electron chi connectivity index (χ4n) is 3.18. The first-order chi connectivity index (χ1) is 13.6. The lowest BCUT2D eigenvalue weighted by molar-refractivity contribution is -0.154. The second kappa shape index (κ2) is 7.86. The molecule has 0 saturated heterocycles. The zero-order valence-electron chi connectivity index (χ0n) is 15.3. The summed E-state index contributed by atoms with van der Waals surface area (Å²) >= 11 is 1.56. The normalized spacial score (nSPS) is 12.2. The molecule has 2 heterocycles. The summed E-state index contributed by atoms with van der Waals surface area (Å²) in [6, 6.07) is 15.7. The Hall–Kier alpha value is -3.12. The standard InChI is InChI=1S/C22H19NO4S/c1-14(22(25)23-12-17-6-4-10-28-17)27-20(24)11-16-13-26-19-9-8-15-5-2-3-7-18(15)21(16)19/h2-10,13-14H,11-12H2,1H3,(H,23,25)/t14-/m1/s1. The number of amides is 1. The van der Waals surface area contributed by atoms with Crippen molar-refractivity contribution >= 4 is 45.0 Å². The summed E-state index contributed by atoms with van der Waals surface area (Å²) in [7, 11) is 0. The van der Waals surface area contributed by atoms with Crippen LogP contribution in [-0.2, 0) is 27.3 Å². The minimum absolute atomic E-state index is 0.0452. The first-order valence-electron chi connectivity index (χ1n) is 8.99. The molecule has 0 unspecified atom stereocenters. The number of thiophene rings is 1. The largest absolute Gasteiger partial charge is 0.464 e. The number of esters is 1. The molecule has 1 atom stereocenters. The van der Waals surface area contributed by atoms with E-state index in [1.165, 1.54) is 0 Å². The van der Waals surface area contributed by atoms with E-state index in [4.69, 9.17) is 9.15 Å². The van der Waals surface area contributed by atoms with Crippen LogP contribution < -0.4 is 5.32 Å². The molecule has 0 bridgehead atoms. The molecular formula is C22H19NO4S. The lowest BCUT2D eigenvalue weighted by Gasteiger charge is -2.13. The number of benzene rings is 2. The summed E-state index contributed by atoms with van der Waals surface area (Å²) in [6.07, 6.45) is 0.770. The highest BCUT2D eigenvalue weighted by atomic mass is 32.1. The van der Waals surface area contributed by atoms with Gasteiger partial charge in [-0.05, 0) is 35.2 Å². The Balaban J connectivity index is 1.43. The van der Waals surface area contributed by atoms with Crippen molar-refractivity contribution in [1.29, 1.82) is 0 Å². The highest BCUT2D eigenvalue weighted by molar-refractivity contribution is 7.09. The highest BCUT2D eigenvalue weighted by Gasteiger charge is 2.20. The molecule has 0 spiro atoms. The molecule has 2 aromatic carbocycles. The molecule has 28 heavy (non-hydrogen) atoms. The Kier molecular flexibility index (Phi) is 5.12. The maximum Gasteiger partial charge on any atom is 0.311 e. The van der Waals surface area contributed by atoms with Crippen molar-refractivity contribution in [3.8, 4) is 0 Å². The smallest absolute Gasteiger partial charge is 0.311 e. The van der Waals surface area contributed by atoms with Gasteiger partial charge >= 0.3 is 5.97 Å². The third-order valence-electron chi connectivity index (χ3n) is 4.57. The first kappa shape index (κ1) is 18.3. The number of nitrogens with one attached hydrogen (secondary N) is 1. The molecule has 142 valence electrons. The molecule has 4 rings (SSSR count). The second-order valence-corrected chi connectivity index (χ2v) is 7.56. The summed E-state index contributed by atoms with van der Waals surface area (Å²) in [4.78, 5) is 25.6. The van der Waals surface area contributed by atoms with E-state index in [2.05, 4.69) is 5.32 Å². The van der Waals surface area contributed by atoms with Crippen LogP contribution in [0.25, 0.3) is 21.7 Å². The minimum Gasteiger partial charge on any atom is -0.464 e. The van der Waals surface area contributed by atoms with Crippen molar-refractivity contribution in [2.75, 3.05) is 0 Å². The molecule has 6 heteroatoms. The van der Waals surface area contributed by atoms with Crippen LogP contribution in [0.5, 0.6) is 0 Å². The second-order valence-electron chi connectivity index (χ2n) is 6.53. The summed E-state index contributed by atoms with van der Waals surface area (Å²) in [6.45, 7) is 2.00. The maximum absolute atomic E-state index is 12.4. The number of carbonyl (C=O) groups is 2. The topological polar surface area (TPSA) is 68.5 Å². The highest BCUT2D eigenvalue weighted by Crippen LogP contribution is 2.30. The number of fused-ring (bicyclic) bond motifs is 3. The Bertz CT molecular complexity index is 1130. The quantitative estimate of drug-likeness (QED) is 0.492. The van der Waals surface area contributed by atoms with E-state index in [1.54, 1.807) is 24.5 Å². The van der Waals surface area contributed by atoms with Crippen LogP contribution in [-0.4, -0.2) is 18.0 Å². The van der Waals surface area contributed by atoms with Crippen molar-refractivity contribution in [1.82, 2.24) is 5.32 Å². The van der Waals surface area contributed by atoms with Gasteiger partial charge in [0, 0.05) is 15.8 Å². The maximum atomic E-state index is 12.4. The molecule has 2 aromatic heterocycles. The van der Waals surface area contributed by atoms with Gasteiger partial charge in [0.1, 0.15) is 5.58 Å². The van der Waals surface area contributed by atoms with Gasteiger partial charge in [-0.25, -0.2) is 0 Å². The van der Waals surface area contributed by atoms with Crippen LogP contribution >= 0.6 is 11.3 Å². The molecule has 0 radical (unpaired) electrons.